The largest absolute Gasteiger partial charge is 0.487 e. The third-order valence-corrected chi connectivity index (χ3v) is 4.23. The van der Waals surface area contributed by atoms with Crippen LogP contribution in [-0.4, -0.2) is 0 Å². The minimum Gasteiger partial charge on any atom is -0.487 e. The Labute approximate surface area is 133 Å². The first kappa shape index (κ1) is 14.8. The van der Waals surface area contributed by atoms with Crippen molar-refractivity contribution in [1.82, 2.24) is 0 Å². The molecule has 2 aromatic rings. The van der Waals surface area contributed by atoms with Gasteiger partial charge in [0.2, 0.25) is 0 Å². The predicted octanol–water partition coefficient (Wildman–Crippen LogP) is 5.72. The van der Waals surface area contributed by atoms with E-state index in [9.17, 15) is 4.39 Å². The fourth-order valence-electron chi connectivity index (χ4n) is 1.54. The average molecular weight is 408 g/mol. The summed E-state index contributed by atoms with van der Waals surface area (Å²) in [5.74, 6) is 0.331. The Hall–Kier alpha value is -0.580. The number of hydrogen-bond acceptors (Lipinski definition) is 1. The molecular formula is C14H10Br2ClFO. The molecule has 2 aromatic carbocycles. The Morgan fingerprint density at radius 1 is 1.16 bits per heavy atom. The van der Waals surface area contributed by atoms with Gasteiger partial charge in [0.1, 0.15) is 18.2 Å². The van der Waals surface area contributed by atoms with Crippen LogP contribution in [0.15, 0.2) is 40.9 Å². The second kappa shape index (κ2) is 6.73. The van der Waals surface area contributed by atoms with Crippen LogP contribution in [0.1, 0.15) is 11.1 Å². The molecular weight excluding hydrogens is 398 g/mol. The van der Waals surface area contributed by atoms with Crippen molar-refractivity contribution in [1.29, 1.82) is 0 Å². The Balaban J connectivity index is 2.10. The second-order valence-electron chi connectivity index (χ2n) is 3.92. The third-order valence-electron chi connectivity index (χ3n) is 2.55. The molecule has 0 radical (unpaired) electrons. The van der Waals surface area contributed by atoms with Gasteiger partial charge in [-0.25, -0.2) is 4.39 Å². The van der Waals surface area contributed by atoms with E-state index in [4.69, 9.17) is 16.3 Å². The van der Waals surface area contributed by atoms with Gasteiger partial charge in [0.05, 0.1) is 5.02 Å². The molecule has 2 rings (SSSR count). The predicted molar refractivity (Wildman–Crippen MR) is 82.5 cm³/mol. The number of hydrogen-bond donors (Lipinski definition) is 0. The van der Waals surface area contributed by atoms with Crippen LogP contribution in [0.4, 0.5) is 4.39 Å². The minimum atomic E-state index is -0.282. The van der Waals surface area contributed by atoms with E-state index in [1.807, 2.05) is 18.2 Å². The molecule has 0 spiro atoms. The summed E-state index contributed by atoms with van der Waals surface area (Å²) in [5, 5.41) is 1.31. The summed E-state index contributed by atoms with van der Waals surface area (Å²) in [4.78, 5) is 0. The number of ether oxygens (including phenoxy) is 1. The smallest absolute Gasteiger partial charge is 0.138 e. The fourth-order valence-corrected chi connectivity index (χ4v) is 2.61. The van der Waals surface area contributed by atoms with Crippen LogP contribution in [0.2, 0.25) is 5.02 Å². The number of benzene rings is 2. The molecule has 0 amide bonds. The van der Waals surface area contributed by atoms with Crippen molar-refractivity contribution in [3.8, 4) is 5.75 Å². The summed E-state index contributed by atoms with van der Waals surface area (Å²) in [6, 6.07) is 10.1. The molecule has 5 heteroatoms. The Morgan fingerprint density at radius 2 is 1.95 bits per heavy atom. The van der Waals surface area contributed by atoms with Crippen molar-refractivity contribution in [2.45, 2.75) is 11.9 Å². The normalized spacial score (nSPS) is 10.5. The highest BCUT2D eigenvalue weighted by Crippen LogP contribution is 2.28. The minimum absolute atomic E-state index is 0.282. The van der Waals surface area contributed by atoms with E-state index in [-0.39, 0.29) is 5.82 Å². The van der Waals surface area contributed by atoms with Crippen LogP contribution < -0.4 is 4.74 Å². The van der Waals surface area contributed by atoms with E-state index in [0.29, 0.717) is 21.9 Å². The lowest BCUT2D eigenvalue weighted by Gasteiger charge is -2.10. The van der Waals surface area contributed by atoms with Gasteiger partial charge in [0, 0.05) is 15.4 Å². The van der Waals surface area contributed by atoms with Crippen molar-refractivity contribution < 1.29 is 9.13 Å². The zero-order chi connectivity index (χ0) is 13.8. The van der Waals surface area contributed by atoms with E-state index >= 15 is 0 Å². The Morgan fingerprint density at radius 3 is 2.58 bits per heavy atom. The lowest BCUT2D eigenvalue weighted by atomic mass is 10.2. The highest BCUT2D eigenvalue weighted by Gasteiger charge is 2.06. The average Bonchev–Trinajstić information content (AvgIpc) is 2.39. The molecule has 0 saturated heterocycles. The van der Waals surface area contributed by atoms with Crippen LogP contribution >= 0.6 is 43.5 Å². The lowest BCUT2D eigenvalue weighted by Crippen LogP contribution is -1.97. The summed E-state index contributed by atoms with van der Waals surface area (Å²) in [6.07, 6.45) is 0. The molecule has 0 aliphatic rings. The molecule has 0 fully saturated rings. The quantitative estimate of drug-likeness (QED) is 0.589. The molecule has 0 N–H and O–H groups in total. The first-order valence-electron chi connectivity index (χ1n) is 5.51. The van der Waals surface area contributed by atoms with Crippen molar-refractivity contribution >= 4 is 43.5 Å². The first-order chi connectivity index (χ1) is 9.10. The molecule has 0 atom stereocenters. The van der Waals surface area contributed by atoms with Crippen LogP contribution in [-0.2, 0) is 11.9 Å². The molecule has 0 heterocycles. The zero-order valence-electron chi connectivity index (χ0n) is 9.80. The van der Waals surface area contributed by atoms with E-state index < -0.39 is 0 Å². The summed E-state index contributed by atoms with van der Waals surface area (Å²) in [7, 11) is 0. The van der Waals surface area contributed by atoms with Crippen LogP contribution in [0, 0.1) is 5.82 Å². The monoisotopic (exact) mass is 406 g/mol. The van der Waals surface area contributed by atoms with E-state index in [0.717, 1.165) is 16.5 Å². The van der Waals surface area contributed by atoms with Gasteiger partial charge in [0.25, 0.3) is 0 Å². The van der Waals surface area contributed by atoms with Crippen LogP contribution in [0.5, 0.6) is 5.75 Å². The lowest BCUT2D eigenvalue weighted by molar-refractivity contribution is 0.305. The van der Waals surface area contributed by atoms with Crippen molar-refractivity contribution in [3.63, 3.8) is 0 Å². The van der Waals surface area contributed by atoms with Gasteiger partial charge in [-0.05, 0) is 29.8 Å². The van der Waals surface area contributed by atoms with Gasteiger partial charge in [0.15, 0.2) is 0 Å². The summed E-state index contributed by atoms with van der Waals surface area (Å²) < 4.78 is 19.3. The maximum atomic E-state index is 13.0. The highest BCUT2D eigenvalue weighted by molar-refractivity contribution is 9.10. The first-order valence-corrected chi connectivity index (χ1v) is 7.80. The number of rotatable bonds is 4. The molecule has 1 nitrogen and oxygen atoms in total. The number of halogens is 4. The molecule has 100 valence electrons. The highest BCUT2D eigenvalue weighted by atomic mass is 79.9. The molecule has 19 heavy (non-hydrogen) atoms. The Bertz CT molecular complexity index is 590. The summed E-state index contributed by atoms with van der Waals surface area (Å²) in [6.45, 7) is 0.328. The van der Waals surface area contributed by atoms with E-state index in [1.54, 1.807) is 6.07 Å². The van der Waals surface area contributed by atoms with Crippen molar-refractivity contribution in [2.75, 3.05) is 0 Å². The van der Waals surface area contributed by atoms with Gasteiger partial charge < -0.3 is 4.74 Å². The molecule has 0 saturated carbocycles. The van der Waals surface area contributed by atoms with E-state index in [1.165, 1.54) is 12.1 Å². The van der Waals surface area contributed by atoms with Gasteiger partial charge in [-0.1, -0.05) is 55.6 Å². The standard InChI is InChI=1S/C14H10Br2ClFO/c15-7-9-1-4-14(13(17)5-9)19-8-10-2-3-11(18)6-12(10)16/h1-6H,7-8H2. The topological polar surface area (TPSA) is 9.23 Å². The number of alkyl halides is 1. The summed E-state index contributed by atoms with van der Waals surface area (Å²) >= 11 is 12.8. The fraction of sp³-hybridized carbons (Fsp3) is 0.143. The van der Waals surface area contributed by atoms with E-state index in [2.05, 4.69) is 31.9 Å². The van der Waals surface area contributed by atoms with Gasteiger partial charge in [-0.15, -0.1) is 0 Å². The van der Waals surface area contributed by atoms with Gasteiger partial charge in [-0.2, -0.15) is 0 Å². The maximum Gasteiger partial charge on any atom is 0.138 e. The molecule has 0 aromatic heterocycles. The molecule has 0 aliphatic heterocycles. The zero-order valence-corrected chi connectivity index (χ0v) is 13.7. The Kier molecular flexibility index (Phi) is 5.25. The van der Waals surface area contributed by atoms with Crippen LogP contribution in [0.25, 0.3) is 0 Å². The molecule has 0 aliphatic carbocycles. The molecule has 0 unspecified atom stereocenters. The SMILES string of the molecule is Fc1ccc(COc2ccc(CBr)cc2Cl)c(Br)c1. The molecule has 0 bridgehead atoms. The second-order valence-corrected chi connectivity index (χ2v) is 5.75. The van der Waals surface area contributed by atoms with Crippen LogP contribution in [0.3, 0.4) is 0 Å². The third kappa shape index (κ3) is 3.94. The van der Waals surface area contributed by atoms with Crippen molar-refractivity contribution in [2.24, 2.45) is 0 Å². The maximum absolute atomic E-state index is 13.0. The summed E-state index contributed by atoms with van der Waals surface area (Å²) in [5.41, 5.74) is 1.95. The van der Waals surface area contributed by atoms with Gasteiger partial charge in [-0.3, -0.25) is 0 Å². The van der Waals surface area contributed by atoms with Crippen molar-refractivity contribution in [3.05, 3.63) is 62.8 Å². The van der Waals surface area contributed by atoms with Gasteiger partial charge >= 0.3 is 0 Å².